The van der Waals surface area contributed by atoms with E-state index < -0.39 is 0 Å². The highest BCUT2D eigenvalue weighted by atomic mass is 16.3. The summed E-state index contributed by atoms with van der Waals surface area (Å²) in [7, 11) is 2.26. The maximum atomic E-state index is 9.74. The van der Waals surface area contributed by atoms with Gasteiger partial charge in [0.2, 0.25) is 0 Å². The first-order valence-corrected chi connectivity index (χ1v) is 7.21. The fourth-order valence-corrected chi connectivity index (χ4v) is 4.87. The van der Waals surface area contributed by atoms with Gasteiger partial charge >= 0.3 is 0 Å². The maximum Gasteiger partial charge on any atom is 0.115 e. The van der Waals surface area contributed by atoms with Crippen LogP contribution in [-0.4, -0.2) is 30.1 Å². The predicted octanol–water partition coefficient (Wildman–Crippen LogP) is 2.86. The van der Waals surface area contributed by atoms with Crippen molar-refractivity contribution < 1.29 is 5.11 Å². The van der Waals surface area contributed by atoms with Gasteiger partial charge < -0.3 is 10.0 Å². The summed E-state index contributed by atoms with van der Waals surface area (Å²) in [6, 6.07) is 6.15. The van der Waals surface area contributed by atoms with Gasteiger partial charge in [-0.2, -0.15) is 0 Å². The molecule has 1 heterocycles. The first kappa shape index (κ1) is 10.9. The van der Waals surface area contributed by atoms with Crippen LogP contribution in [-0.2, 0) is 5.41 Å². The first-order valence-electron chi connectivity index (χ1n) is 7.21. The standard InChI is InChI=1S/C16H21NO/c1-17-7-6-16-5-4-11(8-12(16)10-17)14-9-13(18)2-3-15(14)16/h2-3,9,11-12,18H,4-8,10H2,1H3/t11-,12+,16-/m0/s1. The van der Waals surface area contributed by atoms with Crippen LogP contribution in [0.4, 0.5) is 0 Å². The van der Waals surface area contributed by atoms with Gasteiger partial charge in [0.1, 0.15) is 5.75 Å². The SMILES string of the molecule is CN1CC[C@@]23CC[C@@H](C[C@@H]2C1)c1cc(O)ccc13. The highest BCUT2D eigenvalue weighted by molar-refractivity contribution is 5.47. The molecule has 3 atom stereocenters. The molecule has 1 N–H and O–H groups in total. The summed E-state index contributed by atoms with van der Waals surface area (Å²) in [6.45, 7) is 2.48. The Morgan fingerprint density at radius 3 is 3.11 bits per heavy atom. The molecule has 0 amide bonds. The summed E-state index contributed by atoms with van der Waals surface area (Å²) in [5, 5.41) is 9.74. The summed E-state index contributed by atoms with van der Waals surface area (Å²) in [6.07, 6.45) is 5.34. The van der Waals surface area contributed by atoms with E-state index in [4.69, 9.17) is 0 Å². The number of piperidine rings is 1. The molecule has 1 spiro atoms. The second kappa shape index (κ2) is 3.51. The Labute approximate surface area is 109 Å². The lowest BCUT2D eigenvalue weighted by atomic mass is 9.50. The van der Waals surface area contributed by atoms with Crippen LogP contribution in [0.1, 0.15) is 42.7 Å². The average Bonchev–Trinajstić information content (AvgIpc) is 2.38. The van der Waals surface area contributed by atoms with E-state index in [1.54, 1.807) is 5.56 Å². The van der Waals surface area contributed by atoms with Crippen molar-refractivity contribution in [2.45, 2.75) is 37.0 Å². The van der Waals surface area contributed by atoms with Gasteiger partial charge in [-0.15, -0.1) is 0 Å². The zero-order valence-corrected chi connectivity index (χ0v) is 11.0. The number of phenolic OH excluding ortho intramolecular Hbond substituents is 1. The van der Waals surface area contributed by atoms with Crippen molar-refractivity contribution in [2.24, 2.45) is 5.92 Å². The molecule has 1 saturated carbocycles. The molecule has 1 aliphatic heterocycles. The Morgan fingerprint density at radius 1 is 1.33 bits per heavy atom. The van der Waals surface area contributed by atoms with Crippen LogP contribution >= 0.6 is 0 Å². The molecule has 4 aliphatic rings. The second-order valence-corrected chi connectivity index (χ2v) is 6.61. The molecule has 5 rings (SSSR count). The van der Waals surface area contributed by atoms with Crippen LogP contribution in [0.5, 0.6) is 5.75 Å². The summed E-state index contributed by atoms with van der Waals surface area (Å²) >= 11 is 0. The average molecular weight is 243 g/mol. The number of hydrogen-bond donors (Lipinski definition) is 1. The molecule has 2 fully saturated rings. The van der Waals surface area contributed by atoms with E-state index in [0.717, 1.165) is 5.92 Å². The molecular weight excluding hydrogens is 222 g/mol. The zero-order chi connectivity index (χ0) is 12.3. The fourth-order valence-electron chi connectivity index (χ4n) is 4.87. The van der Waals surface area contributed by atoms with Crippen LogP contribution in [0.3, 0.4) is 0 Å². The van der Waals surface area contributed by atoms with Gasteiger partial charge in [0.25, 0.3) is 0 Å². The molecule has 2 nitrogen and oxygen atoms in total. The molecule has 2 heteroatoms. The van der Waals surface area contributed by atoms with Crippen molar-refractivity contribution >= 4 is 0 Å². The van der Waals surface area contributed by atoms with Crippen LogP contribution in [0.15, 0.2) is 18.2 Å². The summed E-state index contributed by atoms with van der Waals surface area (Å²) in [4.78, 5) is 2.50. The van der Waals surface area contributed by atoms with Gasteiger partial charge in [0, 0.05) is 12.0 Å². The summed E-state index contributed by atoms with van der Waals surface area (Å²) < 4.78 is 0. The highest BCUT2D eigenvalue weighted by Gasteiger charge is 2.52. The Kier molecular flexibility index (Phi) is 2.12. The lowest BCUT2D eigenvalue weighted by Gasteiger charge is -2.57. The largest absolute Gasteiger partial charge is 0.508 e. The number of hydrogen-bond acceptors (Lipinski definition) is 2. The third kappa shape index (κ3) is 1.27. The molecule has 0 unspecified atom stereocenters. The first-order chi connectivity index (χ1) is 8.69. The van der Waals surface area contributed by atoms with E-state index in [1.807, 2.05) is 12.1 Å². The highest BCUT2D eigenvalue weighted by Crippen LogP contribution is 2.59. The smallest absolute Gasteiger partial charge is 0.115 e. The number of rotatable bonds is 0. The van der Waals surface area contributed by atoms with E-state index in [-0.39, 0.29) is 0 Å². The topological polar surface area (TPSA) is 23.5 Å². The van der Waals surface area contributed by atoms with E-state index in [0.29, 0.717) is 17.1 Å². The van der Waals surface area contributed by atoms with Gasteiger partial charge in [-0.05, 0) is 74.4 Å². The molecule has 1 saturated heterocycles. The number of fused-ring (bicyclic) bond motifs is 1. The molecule has 3 aliphatic carbocycles. The third-order valence-electron chi connectivity index (χ3n) is 5.77. The molecule has 1 aromatic carbocycles. The van der Waals surface area contributed by atoms with Crippen LogP contribution < -0.4 is 0 Å². The monoisotopic (exact) mass is 243 g/mol. The third-order valence-corrected chi connectivity index (χ3v) is 5.77. The van der Waals surface area contributed by atoms with Crippen molar-refractivity contribution in [3.05, 3.63) is 29.3 Å². The minimum Gasteiger partial charge on any atom is -0.508 e. The Balaban J connectivity index is 1.87. The second-order valence-electron chi connectivity index (χ2n) is 6.61. The normalized spacial score (nSPS) is 38.3. The number of benzene rings is 1. The number of aromatic hydroxyl groups is 1. The van der Waals surface area contributed by atoms with E-state index in [9.17, 15) is 5.11 Å². The Morgan fingerprint density at radius 2 is 2.22 bits per heavy atom. The minimum absolute atomic E-state index is 0.435. The van der Waals surface area contributed by atoms with Crippen molar-refractivity contribution in [3.8, 4) is 5.75 Å². The maximum absolute atomic E-state index is 9.74. The molecule has 0 radical (unpaired) electrons. The van der Waals surface area contributed by atoms with Crippen LogP contribution in [0, 0.1) is 5.92 Å². The molecule has 18 heavy (non-hydrogen) atoms. The molecule has 2 bridgehead atoms. The summed E-state index contributed by atoms with van der Waals surface area (Å²) in [5.74, 6) is 1.99. The fraction of sp³-hybridized carbons (Fsp3) is 0.625. The van der Waals surface area contributed by atoms with Crippen molar-refractivity contribution in [2.75, 3.05) is 20.1 Å². The Bertz CT molecular complexity index is 498. The summed E-state index contributed by atoms with van der Waals surface area (Å²) in [5.41, 5.74) is 3.47. The van der Waals surface area contributed by atoms with Crippen LogP contribution in [0.2, 0.25) is 0 Å². The lowest BCUT2D eigenvalue weighted by Crippen LogP contribution is -2.54. The molecule has 96 valence electrons. The number of phenols is 1. The van der Waals surface area contributed by atoms with Gasteiger partial charge in [0.05, 0.1) is 0 Å². The van der Waals surface area contributed by atoms with Gasteiger partial charge in [-0.25, -0.2) is 0 Å². The van der Waals surface area contributed by atoms with Crippen molar-refractivity contribution in [1.82, 2.24) is 4.90 Å². The molecule has 1 aromatic rings. The van der Waals surface area contributed by atoms with Crippen molar-refractivity contribution in [1.29, 1.82) is 0 Å². The van der Waals surface area contributed by atoms with Crippen LogP contribution in [0.25, 0.3) is 0 Å². The molecule has 0 aromatic heterocycles. The predicted molar refractivity (Wildman–Crippen MR) is 72.0 cm³/mol. The van der Waals surface area contributed by atoms with Crippen molar-refractivity contribution in [3.63, 3.8) is 0 Å². The number of nitrogens with zero attached hydrogens (tertiary/aromatic N) is 1. The quantitative estimate of drug-likeness (QED) is 0.757. The zero-order valence-electron chi connectivity index (χ0n) is 11.0. The molecular formula is C16H21NO. The van der Waals surface area contributed by atoms with Gasteiger partial charge in [-0.1, -0.05) is 6.07 Å². The number of likely N-dealkylation sites (tertiary alicyclic amines) is 1. The van der Waals surface area contributed by atoms with E-state index in [1.165, 1.54) is 44.3 Å². The van der Waals surface area contributed by atoms with E-state index in [2.05, 4.69) is 18.0 Å². The Hall–Kier alpha value is -1.02. The van der Waals surface area contributed by atoms with E-state index >= 15 is 0 Å². The lowest BCUT2D eigenvalue weighted by molar-refractivity contribution is 0.0469. The minimum atomic E-state index is 0.435. The van der Waals surface area contributed by atoms with Gasteiger partial charge in [0.15, 0.2) is 0 Å². The van der Waals surface area contributed by atoms with Gasteiger partial charge in [-0.3, -0.25) is 0 Å².